The van der Waals surface area contributed by atoms with Crippen LogP contribution < -0.4 is 0 Å². The van der Waals surface area contributed by atoms with Crippen LogP contribution in [0.2, 0.25) is 12.1 Å². The summed E-state index contributed by atoms with van der Waals surface area (Å²) in [7, 11) is 3.99. The lowest BCUT2D eigenvalue weighted by Crippen LogP contribution is -2.44. The van der Waals surface area contributed by atoms with Gasteiger partial charge in [-0.1, -0.05) is 0 Å². The van der Waals surface area contributed by atoms with Gasteiger partial charge in [-0.05, 0) is 12.8 Å². The zero-order chi connectivity index (χ0) is 21.5. The van der Waals surface area contributed by atoms with E-state index in [4.69, 9.17) is 26.6 Å². The lowest BCUT2D eigenvalue weighted by Gasteiger charge is -2.27. The first-order valence-electron chi connectivity index (χ1n) is 9.00. The highest BCUT2D eigenvalue weighted by Gasteiger charge is 2.37. The number of rotatable bonds is 19. The summed E-state index contributed by atoms with van der Waals surface area (Å²) in [5.74, 6) is 0. The molecule has 0 aromatic carbocycles. The predicted molar refractivity (Wildman–Crippen MR) is 107 cm³/mol. The summed E-state index contributed by atoms with van der Waals surface area (Å²) in [6.45, 7) is 1.66. The minimum atomic E-state index is -2.66. The van der Waals surface area contributed by atoms with Crippen molar-refractivity contribution in [1.82, 2.24) is 9.80 Å². The van der Waals surface area contributed by atoms with Crippen LogP contribution in [-0.4, -0.2) is 109 Å². The van der Waals surface area contributed by atoms with Crippen molar-refractivity contribution < 1.29 is 36.1 Å². The molecule has 28 heavy (non-hydrogen) atoms. The molecule has 12 heteroatoms. The van der Waals surface area contributed by atoms with E-state index in [0.29, 0.717) is 51.1 Å². The van der Waals surface area contributed by atoms with Crippen LogP contribution in [0.25, 0.3) is 0 Å². The SMILES string of the molecule is CO[Si](CCCN([C]=O)CCN([C]=O)CCC[Si](OC)(OC)OC)(OC)OC. The maximum absolute atomic E-state index is 11.2. The molecule has 0 saturated heterocycles. The smallest absolute Gasteiger partial charge is 0.377 e. The summed E-state index contributed by atoms with van der Waals surface area (Å²) >= 11 is 0. The van der Waals surface area contributed by atoms with Crippen molar-refractivity contribution in [3.8, 4) is 0 Å². The number of carbonyl (C=O) groups excluding carboxylic acids is 2. The van der Waals surface area contributed by atoms with Gasteiger partial charge in [-0.15, -0.1) is 0 Å². The quantitative estimate of drug-likeness (QED) is 0.209. The largest absolute Gasteiger partial charge is 0.500 e. The molecule has 0 atom stereocenters. The summed E-state index contributed by atoms with van der Waals surface area (Å²) in [6, 6.07) is 1.16. The standard InChI is InChI=1S/C16H34N2O8Si2/c1-21-27(22-2,23-3)13-7-9-17(15-19)11-12-18(16-20)10-8-14-28(24-4,25-5)26-6/h7-14H2,1-6H3. The van der Waals surface area contributed by atoms with Gasteiger partial charge in [0.2, 0.25) is 0 Å². The summed E-state index contributed by atoms with van der Waals surface area (Å²) in [4.78, 5) is 25.4. The zero-order valence-electron chi connectivity index (χ0n) is 17.8. The van der Waals surface area contributed by atoms with Gasteiger partial charge in [0.15, 0.2) is 0 Å². The molecular weight excluding hydrogens is 404 g/mol. The first-order chi connectivity index (χ1) is 13.4. The molecule has 0 bridgehead atoms. The molecule has 0 aromatic rings. The first-order valence-corrected chi connectivity index (χ1v) is 12.9. The van der Waals surface area contributed by atoms with Gasteiger partial charge >= 0.3 is 30.4 Å². The molecular formula is C16H34N2O8Si2. The third kappa shape index (κ3) is 9.09. The lowest BCUT2D eigenvalue weighted by molar-refractivity contribution is 0.121. The average Bonchev–Trinajstić information content (AvgIpc) is 2.75. The molecule has 0 unspecified atom stereocenters. The molecule has 0 N–H and O–H groups in total. The van der Waals surface area contributed by atoms with Crippen molar-refractivity contribution in [2.45, 2.75) is 24.9 Å². The maximum Gasteiger partial charge on any atom is 0.500 e. The van der Waals surface area contributed by atoms with Gasteiger partial charge in [0.1, 0.15) is 0 Å². The van der Waals surface area contributed by atoms with E-state index in [1.165, 1.54) is 9.80 Å². The molecule has 0 heterocycles. The molecule has 2 radical (unpaired) electrons. The molecule has 2 amide bonds. The summed E-state index contributed by atoms with van der Waals surface area (Å²) in [6.07, 6.45) is 5.08. The molecule has 0 aromatic heterocycles. The van der Waals surface area contributed by atoms with Crippen molar-refractivity contribution in [3.05, 3.63) is 0 Å². The zero-order valence-corrected chi connectivity index (χ0v) is 19.8. The van der Waals surface area contributed by atoms with Crippen molar-refractivity contribution in [1.29, 1.82) is 0 Å². The Bertz CT molecular complexity index is 371. The topological polar surface area (TPSA) is 96.0 Å². The second-order valence-corrected chi connectivity index (χ2v) is 12.1. The minimum Gasteiger partial charge on any atom is -0.377 e. The number of nitrogens with zero attached hydrogens (tertiary/aromatic N) is 2. The normalized spacial score (nSPS) is 12.1. The average molecular weight is 439 g/mol. The molecule has 0 aliphatic heterocycles. The van der Waals surface area contributed by atoms with Gasteiger partial charge in [0, 0.05) is 80.9 Å². The van der Waals surface area contributed by atoms with Crippen molar-refractivity contribution in [2.24, 2.45) is 0 Å². The molecule has 10 nitrogen and oxygen atoms in total. The number of hydrogen-bond acceptors (Lipinski definition) is 8. The van der Waals surface area contributed by atoms with Gasteiger partial charge in [-0.25, -0.2) is 0 Å². The van der Waals surface area contributed by atoms with Crippen LogP contribution in [0, 0.1) is 0 Å². The van der Waals surface area contributed by atoms with Crippen LogP contribution in [0.1, 0.15) is 12.8 Å². The van der Waals surface area contributed by atoms with E-state index in [2.05, 4.69) is 0 Å². The Morgan fingerprint density at radius 1 is 0.571 bits per heavy atom. The maximum atomic E-state index is 11.2. The molecule has 0 aliphatic rings. The van der Waals surface area contributed by atoms with Gasteiger partial charge < -0.3 is 36.4 Å². The molecule has 0 rings (SSSR count). The Morgan fingerprint density at radius 2 is 0.857 bits per heavy atom. The Labute approximate surface area is 170 Å². The fourth-order valence-electron chi connectivity index (χ4n) is 2.73. The summed E-state index contributed by atoms with van der Waals surface area (Å²) in [5.41, 5.74) is 0. The van der Waals surface area contributed by atoms with Gasteiger partial charge in [-0.2, -0.15) is 0 Å². The molecule has 0 aliphatic carbocycles. The van der Waals surface area contributed by atoms with E-state index in [0.717, 1.165) is 0 Å². The van der Waals surface area contributed by atoms with Crippen LogP contribution in [0.15, 0.2) is 0 Å². The van der Waals surface area contributed by atoms with E-state index < -0.39 is 17.6 Å². The summed E-state index contributed by atoms with van der Waals surface area (Å²) in [5, 5.41) is 0. The Balaban J connectivity index is 4.36. The Morgan fingerprint density at radius 3 is 1.07 bits per heavy atom. The van der Waals surface area contributed by atoms with Crippen LogP contribution in [0.5, 0.6) is 0 Å². The molecule has 164 valence electrons. The number of hydrogen-bond donors (Lipinski definition) is 0. The van der Waals surface area contributed by atoms with Gasteiger partial charge in [0.05, 0.1) is 0 Å². The highest BCUT2D eigenvalue weighted by Crippen LogP contribution is 2.16. The molecule has 0 saturated carbocycles. The predicted octanol–water partition coefficient (Wildman–Crippen LogP) is 0.261. The third-order valence-electron chi connectivity index (χ3n) is 4.59. The fraction of sp³-hybridized carbons (Fsp3) is 0.875. The highest BCUT2D eigenvalue weighted by atomic mass is 28.4. The van der Waals surface area contributed by atoms with E-state index >= 15 is 0 Å². The van der Waals surface area contributed by atoms with Gasteiger partial charge in [0.25, 0.3) is 0 Å². The second-order valence-electron chi connectivity index (χ2n) is 5.95. The van der Waals surface area contributed by atoms with Crippen LogP contribution >= 0.6 is 0 Å². The Hall–Kier alpha value is -0.866. The van der Waals surface area contributed by atoms with E-state index in [9.17, 15) is 9.59 Å². The Kier molecular flexibility index (Phi) is 14.6. The third-order valence-corrected chi connectivity index (χ3v) is 10.2. The van der Waals surface area contributed by atoms with E-state index in [-0.39, 0.29) is 0 Å². The molecule has 0 fully saturated rings. The van der Waals surface area contributed by atoms with Crippen LogP contribution in [-0.2, 0) is 36.1 Å². The second kappa shape index (κ2) is 15.0. The van der Waals surface area contributed by atoms with Crippen LogP contribution in [0.4, 0.5) is 0 Å². The van der Waals surface area contributed by atoms with E-state index in [1.807, 2.05) is 12.8 Å². The lowest BCUT2D eigenvalue weighted by atomic mass is 10.4. The summed E-state index contributed by atoms with van der Waals surface area (Å²) < 4.78 is 32.1. The first kappa shape index (κ1) is 27.1. The number of amides is 2. The minimum absolute atomic E-state index is 0.363. The fourth-order valence-corrected chi connectivity index (χ4v) is 6.14. The monoisotopic (exact) mass is 438 g/mol. The van der Waals surface area contributed by atoms with Crippen molar-refractivity contribution in [3.63, 3.8) is 0 Å². The molecule has 0 spiro atoms. The van der Waals surface area contributed by atoms with Crippen molar-refractivity contribution in [2.75, 3.05) is 68.8 Å². The van der Waals surface area contributed by atoms with E-state index in [1.54, 1.807) is 42.7 Å². The van der Waals surface area contributed by atoms with Crippen molar-refractivity contribution >= 4 is 30.4 Å². The van der Waals surface area contributed by atoms with Gasteiger partial charge in [-0.3, -0.25) is 9.59 Å². The van der Waals surface area contributed by atoms with Crippen LogP contribution in [0.3, 0.4) is 0 Å². The highest BCUT2D eigenvalue weighted by molar-refractivity contribution is 6.60.